The van der Waals surface area contributed by atoms with E-state index in [0.717, 1.165) is 4.31 Å². The van der Waals surface area contributed by atoms with Crippen LogP contribution in [-0.4, -0.2) is 50.9 Å². The van der Waals surface area contributed by atoms with Crippen molar-refractivity contribution in [2.45, 2.75) is 44.3 Å². The summed E-state index contributed by atoms with van der Waals surface area (Å²) in [6.07, 6.45) is 0. The average Bonchev–Trinajstić information content (AvgIpc) is 2.91. The van der Waals surface area contributed by atoms with Crippen LogP contribution in [0.1, 0.15) is 26.3 Å². The Morgan fingerprint density at radius 3 is 2.28 bits per heavy atom. The molecule has 3 aromatic carbocycles. The van der Waals surface area contributed by atoms with Crippen molar-refractivity contribution in [1.82, 2.24) is 10.2 Å². The van der Waals surface area contributed by atoms with E-state index < -0.39 is 28.5 Å². The Balaban J connectivity index is 2.07. The number of benzene rings is 3. The van der Waals surface area contributed by atoms with Crippen LogP contribution in [0.25, 0.3) is 0 Å². The number of carbonyl (C=O) groups is 2. The van der Waals surface area contributed by atoms with E-state index in [1.807, 2.05) is 13.8 Å². The minimum atomic E-state index is -4.25. The predicted molar refractivity (Wildman–Crippen MR) is 154 cm³/mol. The summed E-state index contributed by atoms with van der Waals surface area (Å²) in [5.74, 6) is -0.405. The summed E-state index contributed by atoms with van der Waals surface area (Å²) in [7, 11) is -2.72. The minimum absolute atomic E-state index is 0.0289. The standard InChI is InChI=1S/C28H31Cl2N3O5S/c1-19(2)31-28(35)20(3)32(17-21-9-8-10-23(15-21)38-4)27(34)18-33(26-16-22(29)13-14-25(26)30)39(36,37)24-11-6-5-7-12-24/h5-16,19-20H,17-18H2,1-4H3,(H,31,35)/t20-/m1/s1. The molecule has 0 bridgehead atoms. The number of halogens is 2. The number of carbonyl (C=O) groups excluding carboxylic acids is 2. The first kappa shape index (κ1) is 30.3. The maximum atomic E-state index is 13.9. The molecule has 3 rings (SSSR count). The van der Waals surface area contributed by atoms with Crippen molar-refractivity contribution in [1.29, 1.82) is 0 Å². The molecule has 0 aliphatic rings. The number of amides is 2. The molecule has 0 saturated carbocycles. The highest BCUT2D eigenvalue weighted by atomic mass is 35.5. The number of ether oxygens (including phenoxy) is 1. The SMILES string of the molecule is COc1cccc(CN(C(=O)CN(c2cc(Cl)ccc2Cl)S(=O)(=O)c2ccccc2)[C@H](C)C(=O)NC(C)C)c1. The Morgan fingerprint density at radius 2 is 1.64 bits per heavy atom. The Hall–Kier alpha value is -3.27. The average molecular weight is 593 g/mol. The van der Waals surface area contributed by atoms with Crippen LogP contribution in [0.4, 0.5) is 5.69 Å². The molecular weight excluding hydrogens is 561 g/mol. The van der Waals surface area contributed by atoms with Crippen LogP contribution >= 0.6 is 23.2 Å². The summed E-state index contributed by atoms with van der Waals surface area (Å²) < 4.78 is 33.8. The molecule has 2 amide bonds. The number of methoxy groups -OCH3 is 1. The van der Waals surface area contributed by atoms with Crippen molar-refractivity contribution in [3.63, 3.8) is 0 Å². The molecule has 1 atom stereocenters. The lowest BCUT2D eigenvalue weighted by Crippen LogP contribution is -2.52. The van der Waals surface area contributed by atoms with Gasteiger partial charge in [0.2, 0.25) is 11.8 Å². The molecule has 0 aliphatic carbocycles. The van der Waals surface area contributed by atoms with Gasteiger partial charge in [-0.3, -0.25) is 13.9 Å². The molecule has 0 radical (unpaired) electrons. The van der Waals surface area contributed by atoms with Gasteiger partial charge in [-0.05, 0) is 68.8 Å². The second kappa shape index (κ2) is 13.2. The zero-order chi connectivity index (χ0) is 28.7. The summed E-state index contributed by atoms with van der Waals surface area (Å²) in [5, 5.41) is 3.15. The Morgan fingerprint density at radius 1 is 0.949 bits per heavy atom. The zero-order valence-electron chi connectivity index (χ0n) is 22.1. The van der Waals surface area contributed by atoms with Crippen molar-refractivity contribution in [2.75, 3.05) is 18.0 Å². The van der Waals surface area contributed by atoms with E-state index in [4.69, 9.17) is 27.9 Å². The first-order valence-corrected chi connectivity index (χ1v) is 14.4. The van der Waals surface area contributed by atoms with Gasteiger partial charge < -0.3 is 15.0 Å². The maximum absolute atomic E-state index is 13.9. The number of anilines is 1. The topological polar surface area (TPSA) is 96.0 Å². The molecule has 0 fully saturated rings. The summed E-state index contributed by atoms with van der Waals surface area (Å²) in [5.41, 5.74) is 0.743. The second-order valence-corrected chi connectivity index (χ2v) is 11.8. The molecule has 0 unspecified atom stereocenters. The van der Waals surface area contributed by atoms with E-state index in [2.05, 4.69) is 5.32 Å². The van der Waals surface area contributed by atoms with Gasteiger partial charge in [-0.2, -0.15) is 0 Å². The summed E-state index contributed by atoms with van der Waals surface area (Å²) >= 11 is 12.6. The number of rotatable bonds is 11. The molecule has 39 heavy (non-hydrogen) atoms. The van der Waals surface area contributed by atoms with Crippen molar-refractivity contribution >= 4 is 50.7 Å². The lowest BCUT2D eigenvalue weighted by molar-refractivity contribution is -0.139. The monoisotopic (exact) mass is 591 g/mol. The number of nitrogens with one attached hydrogen (secondary N) is 1. The number of nitrogens with zero attached hydrogens (tertiary/aromatic N) is 2. The first-order chi connectivity index (χ1) is 18.4. The Labute approximate surface area is 239 Å². The molecule has 0 heterocycles. The molecule has 3 aromatic rings. The molecule has 0 aromatic heterocycles. The van der Waals surface area contributed by atoms with Gasteiger partial charge in [0.1, 0.15) is 18.3 Å². The maximum Gasteiger partial charge on any atom is 0.264 e. The van der Waals surface area contributed by atoms with Crippen molar-refractivity contribution in [3.8, 4) is 5.75 Å². The smallest absolute Gasteiger partial charge is 0.264 e. The van der Waals surface area contributed by atoms with Crippen LogP contribution in [-0.2, 0) is 26.2 Å². The molecule has 0 spiro atoms. The van der Waals surface area contributed by atoms with Crippen LogP contribution in [0.5, 0.6) is 5.75 Å². The van der Waals surface area contributed by atoms with Crippen molar-refractivity contribution in [2.24, 2.45) is 0 Å². The highest BCUT2D eigenvalue weighted by Gasteiger charge is 2.33. The van der Waals surface area contributed by atoms with E-state index in [0.29, 0.717) is 11.3 Å². The van der Waals surface area contributed by atoms with Gasteiger partial charge in [0.05, 0.1) is 22.7 Å². The van der Waals surface area contributed by atoms with Gasteiger partial charge in [-0.25, -0.2) is 8.42 Å². The third-order valence-electron chi connectivity index (χ3n) is 5.87. The van der Waals surface area contributed by atoms with Crippen molar-refractivity contribution in [3.05, 3.63) is 88.4 Å². The molecule has 0 saturated heterocycles. The van der Waals surface area contributed by atoms with E-state index in [-0.39, 0.29) is 39.1 Å². The Bertz CT molecular complexity index is 1420. The third kappa shape index (κ3) is 7.65. The lowest BCUT2D eigenvalue weighted by atomic mass is 10.1. The zero-order valence-corrected chi connectivity index (χ0v) is 24.4. The van der Waals surface area contributed by atoms with Crippen LogP contribution in [0.3, 0.4) is 0 Å². The van der Waals surface area contributed by atoms with Gasteiger partial charge in [0, 0.05) is 17.6 Å². The van der Waals surface area contributed by atoms with E-state index in [1.54, 1.807) is 49.4 Å². The van der Waals surface area contributed by atoms with Crippen LogP contribution < -0.4 is 14.4 Å². The van der Waals surface area contributed by atoms with Gasteiger partial charge >= 0.3 is 0 Å². The summed E-state index contributed by atoms with van der Waals surface area (Å²) in [4.78, 5) is 28.2. The minimum Gasteiger partial charge on any atom is -0.497 e. The van der Waals surface area contributed by atoms with Gasteiger partial charge in [-0.15, -0.1) is 0 Å². The molecular formula is C28H31Cl2N3O5S. The largest absolute Gasteiger partial charge is 0.497 e. The van der Waals surface area contributed by atoms with E-state index in [9.17, 15) is 18.0 Å². The highest BCUT2D eigenvalue weighted by molar-refractivity contribution is 7.92. The molecule has 0 aliphatic heterocycles. The number of hydrogen-bond donors (Lipinski definition) is 1. The van der Waals surface area contributed by atoms with E-state index >= 15 is 0 Å². The second-order valence-electron chi connectivity index (χ2n) is 9.13. The van der Waals surface area contributed by atoms with Gasteiger partial charge in [-0.1, -0.05) is 53.5 Å². The Kier molecular flexibility index (Phi) is 10.2. The fourth-order valence-corrected chi connectivity index (χ4v) is 5.75. The summed E-state index contributed by atoms with van der Waals surface area (Å²) in [6, 6.07) is 18.1. The fraction of sp³-hybridized carbons (Fsp3) is 0.286. The van der Waals surface area contributed by atoms with Crippen molar-refractivity contribution < 1.29 is 22.7 Å². The lowest BCUT2D eigenvalue weighted by Gasteiger charge is -2.32. The van der Waals surface area contributed by atoms with E-state index in [1.165, 1.54) is 42.3 Å². The first-order valence-electron chi connectivity index (χ1n) is 12.2. The summed E-state index contributed by atoms with van der Waals surface area (Å²) in [6.45, 7) is 4.63. The quantitative estimate of drug-likeness (QED) is 0.333. The van der Waals surface area contributed by atoms with Gasteiger partial charge in [0.25, 0.3) is 10.0 Å². The molecule has 1 N–H and O–H groups in total. The molecule has 208 valence electrons. The molecule has 8 nitrogen and oxygen atoms in total. The highest BCUT2D eigenvalue weighted by Crippen LogP contribution is 2.33. The number of sulfonamides is 1. The fourth-order valence-electron chi connectivity index (χ4n) is 3.87. The number of hydrogen-bond acceptors (Lipinski definition) is 5. The third-order valence-corrected chi connectivity index (χ3v) is 8.20. The van der Waals surface area contributed by atoms with Crippen LogP contribution in [0.2, 0.25) is 10.0 Å². The normalized spacial score (nSPS) is 12.1. The predicted octanol–water partition coefficient (Wildman–Crippen LogP) is 5.14. The van der Waals surface area contributed by atoms with Crippen LogP contribution in [0.15, 0.2) is 77.7 Å². The van der Waals surface area contributed by atoms with Gasteiger partial charge in [0.15, 0.2) is 0 Å². The molecule has 11 heteroatoms. The van der Waals surface area contributed by atoms with Crippen LogP contribution in [0, 0.1) is 0 Å².